The van der Waals surface area contributed by atoms with E-state index < -0.39 is 36.5 Å². The fraction of sp³-hybridized carbons (Fsp3) is 0. The van der Waals surface area contributed by atoms with E-state index in [4.69, 9.17) is 15.7 Å². The van der Waals surface area contributed by atoms with Gasteiger partial charge in [0.2, 0.25) is 32.6 Å². The zero-order valence-corrected chi connectivity index (χ0v) is 11.5. The predicted octanol–water partition coefficient (Wildman–Crippen LogP) is -0.0556. The highest BCUT2D eigenvalue weighted by atomic mass is 32.2. The van der Waals surface area contributed by atoms with Gasteiger partial charge in [-0.25, -0.2) is 12.6 Å². The van der Waals surface area contributed by atoms with E-state index in [9.17, 15) is 17.4 Å². The normalized spacial score (nSPS) is 23.5. The van der Waals surface area contributed by atoms with Crippen molar-refractivity contribution in [3.05, 3.63) is 45.5 Å². The summed E-state index contributed by atoms with van der Waals surface area (Å²) in [7, 11) is -4.01. The van der Waals surface area contributed by atoms with Gasteiger partial charge in [0.05, 0.1) is 4.90 Å². The Hall–Kier alpha value is -2.13. The van der Waals surface area contributed by atoms with Gasteiger partial charge in [-0.2, -0.15) is 0 Å². The molecule has 3 rings (SSSR count). The number of allylic oxidation sites excluding steroid dienone is 2. The summed E-state index contributed by atoms with van der Waals surface area (Å²) < 4.78 is 41.5. The number of carbonyl (C=O) groups excluding carboxylic acids is 1. The molecular weight excluding hydrogens is 304 g/mol. The van der Waals surface area contributed by atoms with E-state index in [1.54, 1.807) is 0 Å². The van der Waals surface area contributed by atoms with Crippen molar-refractivity contribution in [1.82, 2.24) is 0 Å². The van der Waals surface area contributed by atoms with Gasteiger partial charge in [0, 0.05) is 17.3 Å². The van der Waals surface area contributed by atoms with Crippen LogP contribution in [0.5, 0.6) is 0 Å². The Morgan fingerprint density at radius 2 is 1.90 bits per heavy atom. The van der Waals surface area contributed by atoms with E-state index in [-0.39, 0.29) is 22.0 Å². The molecule has 0 fully saturated rings. The minimum Gasteiger partial charge on any atom is -0.399 e. The molecule has 0 spiro atoms. The number of fused-ring (bicyclic) bond motifs is 1. The molecule has 0 bridgehead atoms. The number of anilines is 1. The molecule has 0 aliphatic carbocycles. The lowest BCUT2D eigenvalue weighted by molar-refractivity contribution is 0.103. The van der Waals surface area contributed by atoms with Gasteiger partial charge in [0.25, 0.3) is 0 Å². The standard InChI is InChI=1S/C11H8N2O5S2/c12-5-1-2-6-7(3-5)20(16,17)8-4-9(13)18-19(15)11(8)10(6)14/h1-4H,12-13H2. The minimum atomic E-state index is -4.01. The number of nitrogens with two attached hydrogens (primary N) is 2. The predicted molar refractivity (Wildman–Crippen MR) is 70.9 cm³/mol. The van der Waals surface area contributed by atoms with Crippen LogP contribution >= 0.6 is 0 Å². The molecule has 20 heavy (non-hydrogen) atoms. The second-order valence-corrected chi connectivity index (χ2v) is 7.08. The van der Waals surface area contributed by atoms with Crippen molar-refractivity contribution in [3.63, 3.8) is 0 Å². The average molecular weight is 312 g/mol. The molecule has 2 aliphatic rings. The van der Waals surface area contributed by atoms with Crippen LogP contribution in [0.3, 0.4) is 0 Å². The summed E-state index contributed by atoms with van der Waals surface area (Å²) in [5.41, 5.74) is 11.0. The summed E-state index contributed by atoms with van der Waals surface area (Å²) in [5, 5.41) is 0. The zero-order chi connectivity index (χ0) is 14.7. The maximum atomic E-state index is 12.5. The first-order valence-corrected chi connectivity index (χ1v) is 7.89. The molecule has 0 radical (unpaired) electrons. The number of ketones is 1. The van der Waals surface area contributed by atoms with Crippen LogP contribution < -0.4 is 11.5 Å². The Morgan fingerprint density at radius 1 is 1.20 bits per heavy atom. The molecular formula is C11H8N2O5S2. The molecule has 7 nitrogen and oxygen atoms in total. The molecule has 4 N–H and O–H groups in total. The van der Waals surface area contributed by atoms with Gasteiger partial charge >= 0.3 is 0 Å². The Labute approximate surface area is 116 Å². The molecule has 1 atom stereocenters. The Morgan fingerprint density at radius 3 is 2.60 bits per heavy atom. The molecule has 1 aromatic rings. The zero-order valence-electron chi connectivity index (χ0n) is 9.82. The van der Waals surface area contributed by atoms with Crippen molar-refractivity contribution in [1.29, 1.82) is 0 Å². The van der Waals surface area contributed by atoms with Gasteiger partial charge in [0.1, 0.15) is 9.81 Å². The number of rotatable bonds is 0. The third-order valence-corrected chi connectivity index (χ3v) is 5.90. The van der Waals surface area contributed by atoms with E-state index in [2.05, 4.69) is 0 Å². The molecule has 0 amide bonds. The van der Waals surface area contributed by atoms with Gasteiger partial charge in [-0.3, -0.25) is 4.79 Å². The number of nitrogen functional groups attached to an aromatic ring is 1. The van der Waals surface area contributed by atoms with Crippen LogP contribution in [0.1, 0.15) is 10.4 Å². The fourth-order valence-corrected chi connectivity index (χ4v) is 4.92. The molecule has 9 heteroatoms. The first-order valence-electron chi connectivity index (χ1n) is 5.33. The van der Waals surface area contributed by atoms with Gasteiger partial charge in [-0.1, -0.05) is 0 Å². The average Bonchev–Trinajstić information content (AvgIpc) is 2.35. The van der Waals surface area contributed by atoms with Gasteiger partial charge < -0.3 is 15.7 Å². The van der Waals surface area contributed by atoms with Gasteiger partial charge in [0.15, 0.2) is 0 Å². The molecule has 0 aromatic heterocycles. The Kier molecular flexibility index (Phi) is 2.53. The Balaban J connectivity index is 2.41. The summed E-state index contributed by atoms with van der Waals surface area (Å²) in [6.07, 6.45) is 0.982. The second kappa shape index (κ2) is 3.93. The molecule has 104 valence electrons. The van der Waals surface area contributed by atoms with Crippen molar-refractivity contribution in [2.24, 2.45) is 5.73 Å². The molecule has 1 aromatic carbocycles. The van der Waals surface area contributed by atoms with Crippen LogP contribution in [0.15, 0.2) is 44.9 Å². The van der Waals surface area contributed by atoms with Crippen molar-refractivity contribution in [3.8, 4) is 0 Å². The van der Waals surface area contributed by atoms with Crippen LogP contribution in [-0.4, -0.2) is 18.4 Å². The number of carbonyl (C=O) groups is 1. The van der Waals surface area contributed by atoms with Crippen LogP contribution in [0, 0.1) is 0 Å². The number of benzene rings is 1. The number of hydrogen-bond acceptors (Lipinski definition) is 7. The molecule has 2 aliphatic heterocycles. The number of Topliss-reactive ketones (excluding diaryl/α,β-unsaturated/α-hetero) is 1. The van der Waals surface area contributed by atoms with Crippen LogP contribution in [0.4, 0.5) is 5.69 Å². The highest BCUT2D eigenvalue weighted by Crippen LogP contribution is 2.38. The van der Waals surface area contributed by atoms with Gasteiger partial charge in [-0.15, -0.1) is 0 Å². The summed E-state index contributed by atoms with van der Waals surface area (Å²) in [6, 6.07) is 3.87. The van der Waals surface area contributed by atoms with E-state index in [1.165, 1.54) is 18.2 Å². The number of hydrogen-bond donors (Lipinski definition) is 2. The quantitative estimate of drug-likeness (QED) is 0.642. The second-order valence-electron chi connectivity index (χ2n) is 4.15. The summed E-state index contributed by atoms with van der Waals surface area (Å²) in [4.78, 5) is 11.2. The molecule has 2 heterocycles. The van der Waals surface area contributed by atoms with Crippen molar-refractivity contribution in [2.75, 3.05) is 5.73 Å². The van der Waals surface area contributed by atoms with E-state index in [0.29, 0.717) is 0 Å². The van der Waals surface area contributed by atoms with Crippen molar-refractivity contribution < 1.29 is 21.6 Å². The van der Waals surface area contributed by atoms with Crippen molar-refractivity contribution in [2.45, 2.75) is 4.90 Å². The summed E-state index contributed by atoms with van der Waals surface area (Å²) >= 11 is -2.25. The van der Waals surface area contributed by atoms with Crippen LogP contribution in [0.2, 0.25) is 0 Å². The largest absolute Gasteiger partial charge is 0.399 e. The SMILES string of the molecule is NC1=CC2=C(C(=O)c3ccc(N)cc3S2(=O)=O)S(=O)O1. The fourth-order valence-electron chi connectivity index (χ4n) is 2.01. The lowest BCUT2D eigenvalue weighted by Crippen LogP contribution is -2.28. The maximum Gasteiger partial charge on any atom is 0.247 e. The van der Waals surface area contributed by atoms with Crippen molar-refractivity contribution >= 4 is 32.4 Å². The first-order chi connectivity index (χ1) is 9.32. The van der Waals surface area contributed by atoms with Crippen LogP contribution in [-0.2, 0) is 25.1 Å². The first kappa shape index (κ1) is 12.9. The Bertz CT molecular complexity index is 852. The molecule has 0 saturated carbocycles. The van der Waals surface area contributed by atoms with E-state index >= 15 is 0 Å². The third-order valence-electron chi connectivity index (χ3n) is 2.87. The monoisotopic (exact) mass is 312 g/mol. The number of sulfone groups is 1. The molecule has 0 saturated heterocycles. The minimum absolute atomic E-state index is 0.0798. The van der Waals surface area contributed by atoms with Crippen LogP contribution in [0.25, 0.3) is 0 Å². The topological polar surface area (TPSA) is 130 Å². The highest BCUT2D eigenvalue weighted by Gasteiger charge is 2.42. The third kappa shape index (κ3) is 1.60. The summed E-state index contributed by atoms with van der Waals surface area (Å²) in [5.74, 6) is -1.00. The summed E-state index contributed by atoms with van der Waals surface area (Å²) in [6.45, 7) is 0. The maximum absolute atomic E-state index is 12.5. The van der Waals surface area contributed by atoms with E-state index in [0.717, 1.165) is 6.08 Å². The smallest absolute Gasteiger partial charge is 0.247 e. The van der Waals surface area contributed by atoms with Gasteiger partial charge in [-0.05, 0) is 18.2 Å². The highest BCUT2D eigenvalue weighted by molar-refractivity contribution is 7.97. The van der Waals surface area contributed by atoms with E-state index in [1.807, 2.05) is 0 Å². The molecule has 1 unspecified atom stereocenters. The lowest BCUT2D eigenvalue weighted by Gasteiger charge is -2.22. The lowest BCUT2D eigenvalue weighted by atomic mass is 10.1.